The number of benzene rings is 5. The highest BCUT2D eigenvalue weighted by atomic mass is 15.2. The first-order valence-electron chi connectivity index (χ1n) is 13.8. The molecule has 0 spiro atoms. The second kappa shape index (κ2) is 8.86. The number of hydrogen-bond donors (Lipinski definition) is 0. The molecule has 0 saturated carbocycles. The van der Waals surface area contributed by atoms with Gasteiger partial charge in [-0.3, -0.25) is 0 Å². The van der Waals surface area contributed by atoms with E-state index in [1.165, 1.54) is 11.1 Å². The normalized spacial score (nSPS) is 13.9. The Bertz CT molecular complexity index is 1790. The van der Waals surface area contributed by atoms with Crippen LogP contribution in [0.25, 0.3) is 11.1 Å². The zero-order chi connectivity index (χ0) is 27.6. The summed E-state index contributed by atoms with van der Waals surface area (Å²) in [5, 5.41) is 0. The van der Waals surface area contributed by atoms with Crippen LogP contribution in [0.5, 0.6) is 0 Å². The average Bonchev–Trinajstić information content (AvgIpc) is 2.97. The topological polar surface area (TPSA) is 6.48 Å². The summed E-state index contributed by atoms with van der Waals surface area (Å²) in [6.07, 6.45) is 0. The molecule has 5 aromatic rings. The molecule has 40 heavy (non-hydrogen) atoms. The lowest BCUT2D eigenvalue weighted by atomic mass is 9.82. The van der Waals surface area contributed by atoms with E-state index in [2.05, 4.69) is 159 Å². The predicted octanol–water partition coefficient (Wildman–Crippen LogP) is 10.7. The Hall–Kier alpha value is -4.82. The van der Waals surface area contributed by atoms with E-state index < -0.39 is 0 Å². The Balaban J connectivity index is 1.43. The van der Waals surface area contributed by atoms with Gasteiger partial charge in [-0.2, -0.15) is 0 Å². The Morgan fingerprint density at radius 3 is 1.35 bits per heavy atom. The van der Waals surface area contributed by atoms with Gasteiger partial charge in [-0.1, -0.05) is 101 Å². The highest BCUT2D eigenvalue weighted by molar-refractivity contribution is 6.03. The standard InChI is InChI=1S/C38H32N2/c1-25-30-15-6-9-18-34(30)39(35-19-10-7-16-31(25)35)28-13-12-14-29(24-28)40-36-20-11-8-17-32(36)26(2)33-23-27(38(3,4)5)21-22-37(33)40/h6-24H,1-2H2,3-5H3. The number of anilines is 6. The maximum atomic E-state index is 4.55. The van der Waals surface area contributed by atoms with Crippen molar-refractivity contribution in [2.75, 3.05) is 9.80 Å². The summed E-state index contributed by atoms with van der Waals surface area (Å²) in [6.45, 7) is 15.8. The highest BCUT2D eigenvalue weighted by Crippen LogP contribution is 2.52. The first kappa shape index (κ1) is 24.2. The van der Waals surface area contributed by atoms with Crippen LogP contribution in [-0.2, 0) is 5.41 Å². The minimum absolute atomic E-state index is 0.0517. The molecule has 0 unspecified atom stereocenters. The zero-order valence-corrected chi connectivity index (χ0v) is 23.3. The molecule has 2 aliphatic heterocycles. The van der Waals surface area contributed by atoms with Gasteiger partial charge in [0.05, 0.1) is 22.7 Å². The molecule has 0 aliphatic carbocycles. The van der Waals surface area contributed by atoms with E-state index in [1.807, 2.05) is 0 Å². The number of nitrogens with zero attached hydrogens (tertiary/aromatic N) is 2. The van der Waals surface area contributed by atoms with Gasteiger partial charge in [0.2, 0.25) is 0 Å². The summed E-state index contributed by atoms with van der Waals surface area (Å²) in [7, 11) is 0. The summed E-state index contributed by atoms with van der Waals surface area (Å²) < 4.78 is 0. The van der Waals surface area contributed by atoms with Crippen LogP contribution in [0.15, 0.2) is 128 Å². The maximum absolute atomic E-state index is 4.55. The van der Waals surface area contributed by atoms with Crippen molar-refractivity contribution in [2.45, 2.75) is 26.2 Å². The lowest BCUT2D eigenvalue weighted by Gasteiger charge is -2.37. The van der Waals surface area contributed by atoms with E-state index in [0.717, 1.165) is 62.0 Å². The highest BCUT2D eigenvalue weighted by Gasteiger charge is 2.30. The van der Waals surface area contributed by atoms with Gasteiger partial charge in [-0.25, -0.2) is 0 Å². The lowest BCUT2D eigenvalue weighted by Crippen LogP contribution is -2.21. The molecule has 2 aliphatic rings. The van der Waals surface area contributed by atoms with Crippen LogP contribution in [0.3, 0.4) is 0 Å². The molecular formula is C38H32N2. The van der Waals surface area contributed by atoms with Crippen molar-refractivity contribution in [3.05, 3.63) is 156 Å². The Morgan fingerprint density at radius 1 is 0.450 bits per heavy atom. The summed E-state index contributed by atoms with van der Waals surface area (Å²) >= 11 is 0. The van der Waals surface area contributed by atoms with Crippen LogP contribution in [-0.4, -0.2) is 0 Å². The molecule has 2 nitrogen and oxygen atoms in total. The SMILES string of the molecule is C=C1c2ccccc2N(c2cccc(N3c4ccccc4C(=C)c4cc(C(C)(C)C)ccc43)c2)c2ccccc21. The molecule has 0 saturated heterocycles. The molecule has 0 aromatic heterocycles. The predicted molar refractivity (Wildman–Crippen MR) is 171 cm³/mol. The zero-order valence-electron chi connectivity index (χ0n) is 23.3. The van der Waals surface area contributed by atoms with Crippen LogP contribution in [0.1, 0.15) is 48.6 Å². The molecule has 0 N–H and O–H groups in total. The van der Waals surface area contributed by atoms with Gasteiger partial charge < -0.3 is 9.80 Å². The van der Waals surface area contributed by atoms with Gasteiger partial charge in [0.1, 0.15) is 0 Å². The molecule has 0 radical (unpaired) electrons. The molecule has 2 heteroatoms. The van der Waals surface area contributed by atoms with Gasteiger partial charge in [0.25, 0.3) is 0 Å². The second-order valence-corrected chi connectivity index (χ2v) is 11.7. The van der Waals surface area contributed by atoms with E-state index in [0.29, 0.717) is 0 Å². The molecule has 0 fully saturated rings. The third kappa shape index (κ3) is 3.64. The van der Waals surface area contributed by atoms with Gasteiger partial charge in [0.15, 0.2) is 0 Å². The van der Waals surface area contributed by atoms with Crippen molar-refractivity contribution in [2.24, 2.45) is 0 Å². The number of hydrogen-bond acceptors (Lipinski definition) is 2. The van der Waals surface area contributed by atoms with Crippen LogP contribution in [0.4, 0.5) is 34.1 Å². The molecule has 194 valence electrons. The first-order valence-corrected chi connectivity index (χ1v) is 13.8. The molecule has 0 atom stereocenters. The smallest absolute Gasteiger partial charge is 0.0540 e. The van der Waals surface area contributed by atoms with E-state index in [9.17, 15) is 0 Å². The van der Waals surface area contributed by atoms with Crippen molar-refractivity contribution >= 4 is 45.3 Å². The maximum Gasteiger partial charge on any atom is 0.0540 e. The minimum Gasteiger partial charge on any atom is -0.309 e. The molecule has 0 bridgehead atoms. The largest absolute Gasteiger partial charge is 0.309 e. The fourth-order valence-electron chi connectivity index (χ4n) is 6.09. The monoisotopic (exact) mass is 516 g/mol. The van der Waals surface area contributed by atoms with Crippen molar-refractivity contribution < 1.29 is 0 Å². The van der Waals surface area contributed by atoms with Crippen LogP contribution in [0.2, 0.25) is 0 Å². The molecule has 2 heterocycles. The van der Waals surface area contributed by atoms with E-state index in [4.69, 9.17) is 0 Å². The van der Waals surface area contributed by atoms with Crippen LogP contribution >= 0.6 is 0 Å². The molecule has 7 rings (SSSR count). The summed E-state index contributed by atoms with van der Waals surface area (Å²) in [4.78, 5) is 4.75. The van der Waals surface area contributed by atoms with Crippen molar-refractivity contribution in [1.82, 2.24) is 0 Å². The van der Waals surface area contributed by atoms with Gasteiger partial charge >= 0.3 is 0 Å². The number of para-hydroxylation sites is 3. The fourth-order valence-corrected chi connectivity index (χ4v) is 6.09. The van der Waals surface area contributed by atoms with Gasteiger partial charge in [-0.15, -0.1) is 0 Å². The summed E-state index contributed by atoms with van der Waals surface area (Å²) in [6, 6.07) is 41.4. The molecular weight excluding hydrogens is 484 g/mol. The quantitative estimate of drug-likeness (QED) is 0.225. The molecule has 0 amide bonds. The summed E-state index contributed by atoms with van der Waals surface area (Å²) in [5.41, 5.74) is 15.0. The Labute approximate surface area is 237 Å². The van der Waals surface area contributed by atoms with Crippen LogP contribution < -0.4 is 9.80 Å². The summed E-state index contributed by atoms with van der Waals surface area (Å²) in [5.74, 6) is 0. The van der Waals surface area contributed by atoms with Crippen molar-refractivity contribution in [3.63, 3.8) is 0 Å². The number of rotatable bonds is 2. The fraction of sp³-hybridized carbons (Fsp3) is 0.105. The Kier molecular flexibility index (Phi) is 5.37. The first-order chi connectivity index (χ1) is 19.3. The van der Waals surface area contributed by atoms with E-state index >= 15 is 0 Å². The van der Waals surface area contributed by atoms with Crippen molar-refractivity contribution in [1.29, 1.82) is 0 Å². The van der Waals surface area contributed by atoms with Crippen molar-refractivity contribution in [3.8, 4) is 0 Å². The Morgan fingerprint density at radius 2 is 0.875 bits per heavy atom. The third-order valence-corrected chi connectivity index (χ3v) is 8.18. The lowest BCUT2D eigenvalue weighted by molar-refractivity contribution is 0.590. The van der Waals surface area contributed by atoms with E-state index in [-0.39, 0.29) is 5.41 Å². The van der Waals surface area contributed by atoms with E-state index in [1.54, 1.807) is 0 Å². The average molecular weight is 517 g/mol. The van der Waals surface area contributed by atoms with Gasteiger partial charge in [0, 0.05) is 33.6 Å². The van der Waals surface area contributed by atoms with Crippen LogP contribution in [0, 0.1) is 0 Å². The molecule has 5 aromatic carbocycles. The second-order valence-electron chi connectivity index (χ2n) is 11.7. The third-order valence-electron chi connectivity index (χ3n) is 8.18. The number of fused-ring (bicyclic) bond motifs is 4. The minimum atomic E-state index is 0.0517. The van der Waals surface area contributed by atoms with Gasteiger partial charge in [-0.05, 0) is 70.7 Å².